The van der Waals surface area contributed by atoms with E-state index in [1.54, 1.807) is 0 Å². The topological polar surface area (TPSA) is 92.1 Å². The van der Waals surface area contributed by atoms with Crippen LogP contribution in [0, 0.1) is 22.7 Å². The first-order chi connectivity index (χ1) is 17.8. The summed E-state index contributed by atoms with van der Waals surface area (Å²) < 4.78 is 5.56. The molecule has 1 amide bonds. The lowest BCUT2D eigenvalue weighted by Gasteiger charge is -2.33. The van der Waals surface area contributed by atoms with Gasteiger partial charge >= 0.3 is 5.97 Å². The number of pyridine rings is 1. The number of aryl methyl sites for hydroxylation is 1. The molecule has 3 aromatic rings. The van der Waals surface area contributed by atoms with Crippen molar-refractivity contribution < 1.29 is 14.3 Å². The molecule has 2 aliphatic carbocycles. The van der Waals surface area contributed by atoms with E-state index in [1.165, 1.54) is 16.2 Å². The Morgan fingerprint density at radius 1 is 1.14 bits per heavy atom. The number of amides is 1. The van der Waals surface area contributed by atoms with Crippen LogP contribution >= 0.6 is 11.3 Å². The van der Waals surface area contributed by atoms with Gasteiger partial charge in [-0.3, -0.25) is 9.78 Å². The Morgan fingerprint density at radius 2 is 1.92 bits per heavy atom. The molecule has 5 rings (SSSR count). The number of carbonyl (C=O) groups is 2. The molecule has 1 N–H and O–H groups in total. The molecular weight excluding hydrogens is 482 g/mol. The highest BCUT2D eigenvalue weighted by Crippen LogP contribution is 2.44. The SMILES string of the molecule is CC(C)(C)C1CCc2c(sc(NC(=O)COC(=O)c3c4c(nc5ccccc35)CCCCC4)c2C#N)C1. The molecule has 6 nitrogen and oxygen atoms in total. The summed E-state index contributed by atoms with van der Waals surface area (Å²) in [6, 6.07) is 9.91. The molecule has 0 radical (unpaired) electrons. The molecule has 0 saturated heterocycles. The Hall–Kier alpha value is -3.24. The fourth-order valence-corrected chi connectivity index (χ4v) is 6.97. The Bertz CT molecular complexity index is 1410. The molecule has 37 heavy (non-hydrogen) atoms. The van der Waals surface area contributed by atoms with E-state index < -0.39 is 18.5 Å². The second kappa shape index (κ2) is 10.3. The first kappa shape index (κ1) is 25.4. The maximum absolute atomic E-state index is 13.3. The summed E-state index contributed by atoms with van der Waals surface area (Å²) in [4.78, 5) is 32.2. The van der Waals surface area contributed by atoms with E-state index in [-0.39, 0.29) is 5.41 Å². The molecule has 0 saturated carbocycles. The van der Waals surface area contributed by atoms with Gasteiger partial charge in [0.25, 0.3) is 5.91 Å². The number of fused-ring (bicyclic) bond motifs is 3. The number of hydrogen-bond donors (Lipinski definition) is 1. The Morgan fingerprint density at radius 3 is 2.70 bits per heavy atom. The number of esters is 1. The standard InChI is InChI=1S/C30H33N3O3S/c1-30(2,3)18-13-14-19-22(16-31)28(37-25(19)15-18)33-26(34)17-36-29(35)27-20-9-5-4-6-11-23(20)32-24-12-8-7-10-21(24)27/h7-8,10,12,18H,4-6,9,11,13-15,17H2,1-3H3,(H,33,34). The van der Waals surface area contributed by atoms with Crippen LogP contribution in [0.3, 0.4) is 0 Å². The fourth-order valence-electron chi connectivity index (χ4n) is 5.68. The zero-order chi connectivity index (χ0) is 26.2. The Labute approximate surface area is 222 Å². The van der Waals surface area contributed by atoms with Gasteiger partial charge in [0.1, 0.15) is 11.1 Å². The molecule has 1 aromatic carbocycles. The first-order valence-electron chi connectivity index (χ1n) is 13.2. The summed E-state index contributed by atoms with van der Waals surface area (Å²) in [5.74, 6) is -0.383. The molecule has 0 aliphatic heterocycles. The van der Waals surface area contributed by atoms with Crippen LogP contribution in [0.2, 0.25) is 0 Å². The lowest BCUT2D eigenvalue weighted by molar-refractivity contribution is -0.119. The van der Waals surface area contributed by atoms with Crippen molar-refractivity contribution in [3.8, 4) is 6.07 Å². The van der Waals surface area contributed by atoms with Gasteiger partial charge in [-0.1, -0.05) is 45.4 Å². The second-order valence-electron chi connectivity index (χ2n) is 11.2. The Kier molecular flexibility index (Phi) is 7.04. The minimum atomic E-state index is -0.495. The number of benzene rings is 1. The number of ether oxygens (including phenoxy) is 1. The lowest BCUT2D eigenvalue weighted by atomic mass is 9.72. The maximum atomic E-state index is 13.3. The van der Waals surface area contributed by atoms with Crippen LogP contribution in [0.1, 0.15) is 84.1 Å². The predicted molar refractivity (Wildman–Crippen MR) is 146 cm³/mol. The smallest absolute Gasteiger partial charge is 0.339 e. The van der Waals surface area contributed by atoms with Gasteiger partial charge in [0, 0.05) is 16.0 Å². The van der Waals surface area contributed by atoms with Crippen LogP contribution in [0.25, 0.3) is 10.9 Å². The van der Waals surface area contributed by atoms with Gasteiger partial charge < -0.3 is 10.1 Å². The number of hydrogen-bond acceptors (Lipinski definition) is 6. The van der Waals surface area contributed by atoms with E-state index >= 15 is 0 Å². The first-order valence-corrected chi connectivity index (χ1v) is 14.0. The van der Waals surface area contributed by atoms with Crippen LogP contribution in [0.15, 0.2) is 24.3 Å². The van der Waals surface area contributed by atoms with Crippen molar-refractivity contribution in [2.45, 2.75) is 72.1 Å². The third-order valence-electron chi connectivity index (χ3n) is 7.81. The van der Waals surface area contributed by atoms with Crippen molar-refractivity contribution in [2.24, 2.45) is 11.3 Å². The highest BCUT2D eigenvalue weighted by atomic mass is 32.1. The van der Waals surface area contributed by atoms with Crippen molar-refractivity contribution in [3.63, 3.8) is 0 Å². The minimum absolute atomic E-state index is 0.196. The number of nitriles is 1. The van der Waals surface area contributed by atoms with E-state index in [9.17, 15) is 14.9 Å². The number of nitrogens with one attached hydrogen (secondary N) is 1. The molecule has 0 fully saturated rings. The highest BCUT2D eigenvalue weighted by molar-refractivity contribution is 7.16. The summed E-state index contributed by atoms with van der Waals surface area (Å²) in [5, 5.41) is 14.0. The van der Waals surface area contributed by atoms with Crippen molar-refractivity contribution in [2.75, 3.05) is 11.9 Å². The van der Waals surface area contributed by atoms with Gasteiger partial charge in [0.2, 0.25) is 0 Å². The molecule has 1 unspecified atom stereocenters. The summed E-state index contributed by atoms with van der Waals surface area (Å²) in [6.45, 7) is 6.36. The average Bonchev–Trinajstić information content (AvgIpc) is 3.04. The normalized spacial score (nSPS) is 17.3. The van der Waals surface area contributed by atoms with Crippen LogP contribution in [-0.2, 0) is 35.2 Å². The van der Waals surface area contributed by atoms with Gasteiger partial charge in [0.05, 0.1) is 16.6 Å². The average molecular weight is 516 g/mol. The van der Waals surface area contributed by atoms with Crippen LogP contribution in [0.4, 0.5) is 5.00 Å². The van der Waals surface area contributed by atoms with E-state index in [2.05, 4.69) is 32.2 Å². The number of anilines is 1. The predicted octanol–water partition coefficient (Wildman–Crippen LogP) is 6.38. The van der Waals surface area contributed by atoms with Crippen LogP contribution in [-0.4, -0.2) is 23.5 Å². The molecule has 7 heteroatoms. The van der Waals surface area contributed by atoms with E-state index in [4.69, 9.17) is 9.72 Å². The van der Waals surface area contributed by atoms with Gasteiger partial charge in [-0.05, 0) is 73.5 Å². The molecule has 1 atom stereocenters. The number of thiophene rings is 1. The quantitative estimate of drug-likeness (QED) is 0.321. The molecule has 2 aliphatic rings. The zero-order valence-electron chi connectivity index (χ0n) is 21.8. The third-order valence-corrected chi connectivity index (χ3v) is 8.98. The minimum Gasteiger partial charge on any atom is -0.452 e. The summed E-state index contributed by atoms with van der Waals surface area (Å²) in [6.07, 6.45) is 7.60. The monoisotopic (exact) mass is 515 g/mol. The van der Waals surface area contributed by atoms with E-state index in [1.807, 2.05) is 24.3 Å². The third kappa shape index (κ3) is 5.13. The largest absolute Gasteiger partial charge is 0.452 e. The van der Waals surface area contributed by atoms with Gasteiger partial charge in [0.15, 0.2) is 6.61 Å². The molecule has 0 spiro atoms. The summed E-state index contributed by atoms with van der Waals surface area (Å²) >= 11 is 1.48. The van der Waals surface area contributed by atoms with Gasteiger partial charge in [-0.15, -0.1) is 11.3 Å². The molecule has 0 bridgehead atoms. The van der Waals surface area contributed by atoms with Crippen molar-refractivity contribution in [1.82, 2.24) is 4.98 Å². The second-order valence-corrected chi connectivity index (χ2v) is 12.3. The van der Waals surface area contributed by atoms with Gasteiger partial charge in [-0.25, -0.2) is 4.79 Å². The van der Waals surface area contributed by atoms with Crippen molar-refractivity contribution in [3.05, 3.63) is 57.1 Å². The molecule has 2 aromatic heterocycles. The van der Waals surface area contributed by atoms with Crippen molar-refractivity contribution >= 4 is 39.1 Å². The van der Waals surface area contributed by atoms with E-state index in [0.717, 1.165) is 79.1 Å². The number of rotatable bonds is 4. The fraction of sp³-hybridized carbons (Fsp3) is 0.467. The molecular formula is C30H33N3O3S. The highest BCUT2D eigenvalue weighted by Gasteiger charge is 2.32. The number of para-hydroxylation sites is 1. The number of aromatic nitrogens is 1. The number of carbonyl (C=O) groups excluding carboxylic acids is 2. The summed E-state index contributed by atoms with van der Waals surface area (Å²) in [7, 11) is 0. The van der Waals surface area contributed by atoms with Gasteiger partial charge in [-0.2, -0.15) is 5.26 Å². The van der Waals surface area contributed by atoms with Crippen molar-refractivity contribution in [1.29, 1.82) is 5.26 Å². The molecule has 192 valence electrons. The molecule has 2 heterocycles. The van der Waals surface area contributed by atoms with E-state index in [0.29, 0.717) is 22.0 Å². The van der Waals surface area contributed by atoms with Crippen LogP contribution in [0.5, 0.6) is 0 Å². The van der Waals surface area contributed by atoms with Crippen LogP contribution < -0.4 is 5.32 Å². The summed E-state index contributed by atoms with van der Waals surface area (Å²) in [5.41, 5.74) is 5.03. The zero-order valence-corrected chi connectivity index (χ0v) is 22.6. The number of nitrogens with zero attached hydrogens (tertiary/aromatic N) is 2. The lowest BCUT2D eigenvalue weighted by Crippen LogP contribution is -2.26. The Balaban J connectivity index is 1.33. The maximum Gasteiger partial charge on any atom is 0.339 e.